The molecule has 0 saturated carbocycles. The summed E-state index contributed by atoms with van der Waals surface area (Å²) in [4.78, 5) is 3.91. The van der Waals surface area contributed by atoms with Crippen LogP contribution in [0.3, 0.4) is 0 Å². The van der Waals surface area contributed by atoms with Gasteiger partial charge in [0.05, 0.1) is 12.2 Å². The molecule has 1 unspecified atom stereocenters. The van der Waals surface area contributed by atoms with Crippen LogP contribution in [-0.2, 0) is 0 Å². The number of anilines is 2. The maximum Gasteiger partial charge on any atom is 0.416 e. The number of nitrogen functional groups attached to an aromatic ring is 1. The topological polar surface area (TPSA) is 71.2 Å². The van der Waals surface area contributed by atoms with E-state index in [-0.39, 0.29) is 11.5 Å². The summed E-state index contributed by atoms with van der Waals surface area (Å²) in [6, 6.07) is 3.17. The summed E-state index contributed by atoms with van der Waals surface area (Å²) >= 11 is 0. The van der Waals surface area contributed by atoms with E-state index in [0.29, 0.717) is 5.69 Å². The molecule has 0 aliphatic rings. The van der Waals surface area contributed by atoms with Gasteiger partial charge in [-0.1, -0.05) is 0 Å². The summed E-state index contributed by atoms with van der Waals surface area (Å²) in [5.74, 6) is 0.142. The first kappa shape index (κ1) is 12.6. The van der Waals surface area contributed by atoms with Gasteiger partial charge in [-0.2, -0.15) is 13.2 Å². The molecule has 1 aromatic heterocycles. The van der Waals surface area contributed by atoms with Crippen LogP contribution in [0.5, 0.6) is 0 Å². The molecule has 0 radical (unpaired) electrons. The number of aliphatic hydroxyl groups excluding tert-OH is 1. The average molecular weight is 235 g/mol. The van der Waals surface area contributed by atoms with Crippen molar-refractivity contribution in [2.24, 2.45) is 0 Å². The van der Waals surface area contributed by atoms with E-state index < -0.39 is 18.8 Å². The highest BCUT2D eigenvalue weighted by Crippen LogP contribution is 2.21. The number of aryl methyl sites for hydroxylation is 1. The molecule has 4 N–H and O–H groups in total. The Labute approximate surface area is 90.3 Å². The number of nitrogens with zero attached hydrogens (tertiary/aromatic N) is 1. The number of hydrogen-bond donors (Lipinski definition) is 3. The number of pyridine rings is 1. The van der Waals surface area contributed by atoms with Crippen molar-refractivity contribution in [2.75, 3.05) is 17.6 Å². The van der Waals surface area contributed by atoms with Crippen molar-refractivity contribution in [1.82, 2.24) is 4.98 Å². The largest absolute Gasteiger partial charge is 0.416 e. The zero-order valence-corrected chi connectivity index (χ0v) is 8.54. The third-order valence-corrected chi connectivity index (χ3v) is 1.91. The third-order valence-electron chi connectivity index (χ3n) is 1.91. The lowest BCUT2D eigenvalue weighted by Gasteiger charge is -2.16. The molecule has 1 aromatic rings. The summed E-state index contributed by atoms with van der Waals surface area (Å²) in [6.45, 7) is 1.01. The van der Waals surface area contributed by atoms with Gasteiger partial charge in [0.1, 0.15) is 5.82 Å². The molecule has 4 nitrogen and oxygen atoms in total. The van der Waals surface area contributed by atoms with E-state index in [1.807, 2.05) is 0 Å². The van der Waals surface area contributed by atoms with Gasteiger partial charge < -0.3 is 16.2 Å². The number of nitrogens with two attached hydrogens (primary N) is 1. The first-order valence-electron chi connectivity index (χ1n) is 4.52. The molecule has 1 heterocycles. The van der Waals surface area contributed by atoms with E-state index >= 15 is 0 Å². The zero-order valence-electron chi connectivity index (χ0n) is 8.54. The number of rotatable bonds is 3. The smallest absolute Gasteiger partial charge is 0.396 e. The number of halogens is 3. The molecule has 1 rings (SSSR count). The lowest BCUT2D eigenvalue weighted by molar-refractivity contribution is -0.198. The van der Waals surface area contributed by atoms with Gasteiger partial charge in [0, 0.05) is 5.69 Å². The van der Waals surface area contributed by atoms with Gasteiger partial charge in [0.2, 0.25) is 0 Å². The van der Waals surface area contributed by atoms with E-state index in [2.05, 4.69) is 10.3 Å². The van der Waals surface area contributed by atoms with E-state index in [9.17, 15) is 13.2 Å². The van der Waals surface area contributed by atoms with Crippen LogP contribution in [0.4, 0.5) is 24.7 Å². The Bertz CT molecular complexity index is 368. The highest BCUT2D eigenvalue weighted by Gasteiger charge is 2.37. The number of nitrogens with one attached hydrogen (secondary N) is 1. The van der Waals surface area contributed by atoms with Gasteiger partial charge in [0.15, 0.2) is 6.10 Å². The lowest BCUT2D eigenvalue weighted by atomic mass is 10.3. The molecule has 0 aliphatic heterocycles. The summed E-state index contributed by atoms with van der Waals surface area (Å²) in [5.41, 5.74) is 6.36. The zero-order chi connectivity index (χ0) is 12.3. The molecule has 0 amide bonds. The van der Waals surface area contributed by atoms with Crippen LogP contribution in [0, 0.1) is 6.92 Å². The van der Waals surface area contributed by atoms with Gasteiger partial charge in [0.25, 0.3) is 0 Å². The van der Waals surface area contributed by atoms with Crippen LogP contribution in [0.15, 0.2) is 12.1 Å². The molecular weight excluding hydrogens is 223 g/mol. The van der Waals surface area contributed by atoms with Gasteiger partial charge in [-0.3, -0.25) is 0 Å². The van der Waals surface area contributed by atoms with Crippen molar-refractivity contribution in [3.63, 3.8) is 0 Å². The second kappa shape index (κ2) is 4.56. The van der Waals surface area contributed by atoms with Crippen LogP contribution >= 0.6 is 0 Å². The van der Waals surface area contributed by atoms with Crippen molar-refractivity contribution in [3.05, 3.63) is 17.8 Å². The second-order valence-electron chi connectivity index (χ2n) is 3.33. The van der Waals surface area contributed by atoms with Crippen molar-refractivity contribution in [3.8, 4) is 0 Å². The molecule has 7 heteroatoms. The summed E-state index contributed by atoms with van der Waals surface area (Å²) in [5, 5.41) is 11.1. The fraction of sp³-hybridized carbons (Fsp3) is 0.444. The van der Waals surface area contributed by atoms with Crippen LogP contribution in [-0.4, -0.2) is 28.9 Å². The number of hydrogen-bond acceptors (Lipinski definition) is 4. The Morgan fingerprint density at radius 2 is 2.12 bits per heavy atom. The number of alkyl halides is 3. The molecular formula is C9H12F3N3O. The minimum absolute atomic E-state index is 0.142. The van der Waals surface area contributed by atoms with Crippen molar-refractivity contribution in [1.29, 1.82) is 0 Å². The maximum atomic E-state index is 12.0. The minimum Gasteiger partial charge on any atom is -0.396 e. The SMILES string of the molecule is Cc1ccc(N)c(NCC(O)C(F)(F)F)n1. The van der Waals surface area contributed by atoms with Gasteiger partial charge in [-0.05, 0) is 19.1 Å². The summed E-state index contributed by atoms with van der Waals surface area (Å²) in [7, 11) is 0. The number of aliphatic hydroxyl groups is 1. The van der Waals surface area contributed by atoms with E-state index in [4.69, 9.17) is 10.8 Å². The van der Waals surface area contributed by atoms with Crippen LogP contribution in [0.2, 0.25) is 0 Å². The van der Waals surface area contributed by atoms with E-state index in [1.165, 1.54) is 6.07 Å². The predicted molar refractivity (Wildman–Crippen MR) is 53.9 cm³/mol. The maximum absolute atomic E-state index is 12.0. The summed E-state index contributed by atoms with van der Waals surface area (Å²) < 4.78 is 36.0. The van der Waals surface area contributed by atoms with Gasteiger partial charge >= 0.3 is 6.18 Å². The minimum atomic E-state index is -4.65. The standard InChI is InChI=1S/C9H12F3N3O/c1-5-2-3-6(13)8(15-5)14-4-7(16)9(10,11)12/h2-3,7,16H,4,13H2,1H3,(H,14,15). The van der Waals surface area contributed by atoms with Gasteiger partial charge in [-0.15, -0.1) is 0 Å². The Kier molecular flexibility index (Phi) is 3.58. The van der Waals surface area contributed by atoms with E-state index in [1.54, 1.807) is 13.0 Å². The normalized spacial score (nSPS) is 13.6. The highest BCUT2D eigenvalue weighted by molar-refractivity contribution is 5.61. The van der Waals surface area contributed by atoms with Crippen LogP contribution in [0.25, 0.3) is 0 Å². The Morgan fingerprint density at radius 3 is 2.69 bits per heavy atom. The van der Waals surface area contributed by atoms with Crippen molar-refractivity contribution >= 4 is 11.5 Å². The molecule has 0 aliphatic carbocycles. The summed E-state index contributed by atoms with van der Waals surface area (Å²) in [6.07, 6.45) is -7.08. The second-order valence-corrected chi connectivity index (χ2v) is 3.33. The van der Waals surface area contributed by atoms with Crippen LogP contribution in [0.1, 0.15) is 5.69 Å². The molecule has 90 valence electrons. The number of aromatic nitrogens is 1. The fourth-order valence-electron chi connectivity index (χ4n) is 1.02. The Morgan fingerprint density at radius 1 is 1.50 bits per heavy atom. The quantitative estimate of drug-likeness (QED) is 0.738. The molecule has 0 saturated heterocycles. The van der Waals surface area contributed by atoms with Crippen molar-refractivity contribution in [2.45, 2.75) is 19.2 Å². The van der Waals surface area contributed by atoms with Crippen molar-refractivity contribution < 1.29 is 18.3 Å². The molecule has 0 spiro atoms. The Balaban J connectivity index is 2.64. The highest BCUT2D eigenvalue weighted by atomic mass is 19.4. The monoisotopic (exact) mass is 235 g/mol. The molecule has 0 bridgehead atoms. The predicted octanol–water partition coefficient (Wildman–Crippen LogP) is 1.31. The molecule has 1 atom stereocenters. The van der Waals surface area contributed by atoms with Gasteiger partial charge in [-0.25, -0.2) is 4.98 Å². The third kappa shape index (κ3) is 3.27. The van der Waals surface area contributed by atoms with E-state index in [0.717, 1.165) is 0 Å². The first-order valence-corrected chi connectivity index (χ1v) is 4.52. The fourth-order valence-corrected chi connectivity index (χ4v) is 1.02. The molecule has 16 heavy (non-hydrogen) atoms. The average Bonchev–Trinajstić information content (AvgIpc) is 2.17. The molecule has 0 fully saturated rings. The first-order chi connectivity index (χ1) is 7.30. The lowest BCUT2D eigenvalue weighted by Crippen LogP contribution is -2.35. The molecule has 0 aromatic carbocycles. The van der Waals surface area contributed by atoms with Crippen LogP contribution < -0.4 is 11.1 Å². The Hall–Kier alpha value is -1.50.